The number of para-hydroxylation sites is 1. The first kappa shape index (κ1) is 18.0. The minimum Gasteiger partial charge on any atom is -0.416 e. The van der Waals surface area contributed by atoms with Crippen molar-refractivity contribution < 1.29 is 14.0 Å². The van der Waals surface area contributed by atoms with E-state index in [1.807, 2.05) is 0 Å². The zero-order valence-electron chi connectivity index (χ0n) is 14.9. The van der Waals surface area contributed by atoms with Gasteiger partial charge in [-0.05, 0) is 37.8 Å². The van der Waals surface area contributed by atoms with Gasteiger partial charge in [0.15, 0.2) is 0 Å². The summed E-state index contributed by atoms with van der Waals surface area (Å²) >= 11 is 1.20. The van der Waals surface area contributed by atoms with E-state index in [1.54, 1.807) is 24.3 Å². The Morgan fingerprint density at radius 2 is 1.89 bits per heavy atom. The van der Waals surface area contributed by atoms with Crippen molar-refractivity contribution in [3.63, 3.8) is 0 Å². The monoisotopic (exact) mass is 386 g/mol. The average molecular weight is 386 g/mol. The van der Waals surface area contributed by atoms with Crippen LogP contribution in [0.25, 0.3) is 0 Å². The zero-order valence-corrected chi connectivity index (χ0v) is 15.8. The van der Waals surface area contributed by atoms with Crippen LogP contribution in [0.1, 0.15) is 60.7 Å². The number of thioether (sulfide) groups is 1. The molecule has 8 heteroatoms. The minimum absolute atomic E-state index is 0.142. The summed E-state index contributed by atoms with van der Waals surface area (Å²) in [7, 11) is 0. The molecule has 0 aliphatic heterocycles. The third kappa shape index (κ3) is 4.68. The maximum absolute atomic E-state index is 12.6. The van der Waals surface area contributed by atoms with Gasteiger partial charge in [-0.2, -0.15) is 0 Å². The maximum atomic E-state index is 12.6. The van der Waals surface area contributed by atoms with E-state index in [2.05, 4.69) is 20.8 Å². The van der Waals surface area contributed by atoms with Crippen molar-refractivity contribution in [1.82, 2.24) is 15.5 Å². The molecule has 0 saturated heterocycles. The van der Waals surface area contributed by atoms with E-state index in [9.17, 15) is 9.59 Å². The molecular weight excluding hydrogens is 364 g/mol. The standard InChI is InChI=1S/C19H22N4O3S/c24-16(11-27-19-23-22-18(26-19)12-9-10-12)21-15-8-4-3-7-14(15)17(25)20-13-5-1-2-6-13/h3-4,7-8,12-13H,1-2,5-6,9-11H2,(H,20,25)(H,21,24). The number of nitrogens with one attached hydrogen (secondary N) is 2. The molecule has 1 aromatic carbocycles. The fraction of sp³-hybridized carbons (Fsp3) is 0.474. The Morgan fingerprint density at radius 1 is 1.11 bits per heavy atom. The summed E-state index contributed by atoms with van der Waals surface area (Å²) in [5.74, 6) is 0.840. The van der Waals surface area contributed by atoms with Gasteiger partial charge in [0.2, 0.25) is 11.8 Å². The molecule has 0 atom stereocenters. The van der Waals surface area contributed by atoms with E-state index < -0.39 is 0 Å². The van der Waals surface area contributed by atoms with Gasteiger partial charge in [0.25, 0.3) is 11.1 Å². The average Bonchev–Trinajstić information content (AvgIpc) is 3.19. The quantitative estimate of drug-likeness (QED) is 0.708. The van der Waals surface area contributed by atoms with Crippen LogP contribution in [0.5, 0.6) is 0 Å². The zero-order chi connectivity index (χ0) is 18.6. The number of aromatic nitrogens is 2. The summed E-state index contributed by atoms with van der Waals surface area (Å²) in [5, 5.41) is 14.2. The van der Waals surface area contributed by atoms with E-state index in [0.717, 1.165) is 38.5 Å². The fourth-order valence-electron chi connectivity index (χ4n) is 3.21. The first-order valence-electron chi connectivity index (χ1n) is 9.35. The highest BCUT2D eigenvalue weighted by Crippen LogP contribution is 2.39. The van der Waals surface area contributed by atoms with Crippen LogP contribution in [-0.2, 0) is 4.79 Å². The lowest BCUT2D eigenvalue weighted by molar-refractivity contribution is -0.113. The van der Waals surface area contributed by atoms with Gasteiger partial charge in [0.1, 0.15) is 0 Å². The molecule has 0 bridgehead atoms. The van der Waals surface area contributed by atoms with Crippen LogP contribution in [0.4, 0.5) is 5.69 Å². The topological polar surface area (TPSA) is 97.1 Å². The largest absolute Gasteiger partial charge is 0.416 e. The Hall–Kier alpha value is -2.35. The fourth-order valence-corrected chi connectivity index (χ4v) is 3.78. The van der Waals surface area contributed by atoms with Gasteiger partial charge in [0, 0.05) is 12.0 Å². The van der Waals surface area contributed by atoms with Crippen molar-refractivity contribution in [2.75, 3.05) is 11.1 Å². The lowest BCUT2D eigenvalue weighted by Crippen LogP contribution is -2.33. The highest BCUT2D eigenvalue weighted by Gasteiger charge is 2.29. The van der Waals surface area contributed by atoms with Gasteiger partial charge in [-0.1, -0.05) is 36.7 Å². The second-order valence-corrected chi connectivity index (χ2v) is 7.94. The molecule has 142 valence electrons. The number of nitrogens with zero attached hydrogens (tertiary/aromatic N) is 2. The molecule has 2 aliphatic carbocycles. The molecule has 0 unspecified atom stereocenters. The molecule has 7 nitrogen and oxygen atoms in total. The van der Waals surface area contributed by atoms with E-state index in [4.69, 9.17) is 4.42 Å². The molecule has 2 amide bonds. The molecule has 1 heterocycles. The van der Waals surface area contributed by atoms with Crippen LogP contribution in [0, 0.1) is 0 Å². The Kier molecular flexibility index (Phi) is 5.42. The van der Waals surface area contributed by atoms with Gasteiger partial charge in [-0.15, -0.1) is 10.2 Å². The normalized spacial score (nSPS) is 17.0. The van der Waals surface area contributed by atoms with Crippen molar-refractivity contribution in [3.8, 4) is 0 Å². The van der Waals surface area contributed by atoms with Crippen LogP contribution in [0.2, 0.25) is 0 Å². The van der Waals surface area contributed by atoms with Crippen molar-refractivity contribution in [2.45, 2.75) is 55.7 Å². The van der Waals surface area contributed by atoms with E-state index in [0.29, 0.717) is 28.3 Å². The van der Waals surface area contributed by atoms with Crippen LogP contribution in [0.15, 0.2) is 33.9 Å². The number of carbonyl (C=O) groups excluding carboxylic acids is 2. The lowest BCUT2D eigenvalue weighted by Gasteiger charge is -2.14. The molecule has 2 N–H and O–H groups in total. The SMILES string of the molecule is O=C(CSc1nnc(C2CC2)o1)Nc1ccccc1C(=O)NC1CCCC1. The van der Waals surface area contributed by atoms with Gasteiger partial charge in [0.05, 0.1) is 17.0 Å². The summed E-state index contributed by atoms with van der Waals surface area (Å²) in [5.41, 5.74) is 0.999. The maximum Gasteiger partial charge on any atom is 0.277 e. The number of anilines is 1. The predicted molar refractivity (Wildman–Crippen MR) is 102 cm³/mol. The number of hydrogen-bond donors (Lipinski definition) is 2. The number of benzene rings is 1. The smallest absolute Gasteiger partial charge is 0.277 e. The molecular formula is C19H22N4O3S. The molecule has 1 aromatic heterocycles. The van der Waals surface area contributed by atoms with E-state index in [1.165, 1.54) is 11.8 Å². The van der Waals surface area contributed by atoms with Crippen molar-refractivity contribution in [3.05, 3.63) is 35.7 Å². The number of carbonyl (C=O) groups is 2. The van der Waals surface area contributed by atoms with Gasteiger partial charge in [-0.3, -0.25) is 9.59 Å². The first-order valence-corrected chi connectivity index (χ1v) is 10.3. The Labute approximate surface area is 161 Å². The van der Waals surface area contributed by atoms with Gasteiger partial charge < -0.3 is 15.1 Å². The molecule has 27 heavy (non-hydrogen) atoms. The highest BCUT2D eigenvalue weighted by molar-refractivity contribution is 7.99. The van der Waals surface area contributed by atoms with Crippen molar-refractivity contribution >= 4 is 29.3 Å². The third-order valence-corrected chi connectivity index (χ3v) is 5.63. The predicted octanol–water partition coefficient (Wildman–Crippen LogP) is 3.35. The molecule has 0 spiro atoms. The molecule has 4 rings (SSSR count). The molecule has 0 radical (unpaired) electrons. The third-order valence-electron chi connectivity index (χ3n) is 4.81. The van der Waals surface area contributed by atoms with Crippen molar-refractivity contribution in [2.24, 2.45) is 0 Å². The molecule has 2 fully saturated rings. The second kappa shape index (κ2) is 8.12. The number of rotatable bonds is 7. The van der Waals surface area contributed by atoms with Crippen LogP contribution >= 0.6 is 11.8 Å². The summed E-state index contributed by atoms with van der Waals surface area (Å²) in [4.78, 5) is 24.9. The summed E-state index contributed by atoms with van der Waals surface area (Å²) in [6.45, 7) is 0. The Morgan fingerprint density at radius 3 is 2.67 bits per heavy atom. The summed E-state index contributed by atoms with van der Waals surface area (Å²) < 4.78 is 5.54. The molecule has 2 aromatic rings. The van der Waals surface area contributed by atoms with Crippen molar-refractivity contribution in [1.29, 1.82) is 0 Å². The Balaban J connectivity index is 1.33. The lowest BCUT2D eigenvalue weighted by atomic mass is 10.1. The van der Waals surface area contributed by atoms with Crippen LogP contribution in [-0.4, -0.2) is 33.8 Å². The van der Waals surface area contributed by atoms with Gasteiger partial charge in [-0.25, -0.2) is 0 Å². The summed E-state index contributed by atoms with van der Waals surface area (Å²) in [6.07, 6.45) is 6.52. The molecule has 2 saturated carbocycles. The number of amides is 2. The summed E-state index contributed by atoms with van der Waals surface area (Å²) in [6, 6.07) is 7.30. The minimum atomic E-state index is -0.215. The van der Waals surface area contributed by atoms with Crippen LogP contribution in [0.3, 0.4) is 0 Å². The second-order valence-electron chi connectivity index (χ2n) is 7.02. The number of hydrogen-bond acceptors (Lipinski definition) is 6. The first-order chi connectivity index (χ1) is 13.2. The van der Waals surface area contributed by atoms with E-state index in [-0.39, 0.29) is 23.6 Å². The van der Waals surface area contributed by atoms with Gasteiger partial charge >= 0.3 is 0 Å². The van der Waals surface area contributed by atoms with Crippen LogP contribution < -0.4 is 10.6 Å². The van der Waals surface area contributed by atoms with E-state index >= 15 is 0 Å². The highest BCUT2D eigenvalue weighted by atomic mass is 32.2. The Bertz CT molecular complexity index is 828. The molecule has 2 aliphatic rings.